The molecule has 0 radical (unpaired) electrons. The summed E-state index contributed by atoms with van der Waals surface area (Å²) < 4.78 is 20.4. The smallest absolute Gasteiger partial charge is 0.196 e. The van der Waals surface area contributed by atoms with Gasteiger partial charge in [-0.2, -0.15) is 0 Å². The molecular formula is C23H19FN4O2S. The van der Waals surface area contributed by atoms with Crippen molar-refractivity contribution in [2.45, 2.75) is 17.3 Å². The van der Waals surface area contributed by atoms with E-state index in [1.54, 1.807) is 26.4 Å². The maximum Gasteiger partial charge on any atom is 0.196 e. The third kappa shape index (κ3) is 4.49. The van der Waals surface area contributed by atoms with E-state index in [1.165, 1.54) is 36.0 Å². The molecule has 0 aliphatic rings. The maximum atomic E-state index is 13.2. The van der Waals surface area contributed by atoms with Gasteiger partial charge in [-0.1, -0.05) is 11.8 Å². The highest BCUT2D eigenvalue weighted by molar-refractivity contribution is 8.00. The van der Waals surface area contributed by atoms with Gasteiger partial charge >= 0.3 is 0 Å². The largest absolute Gasteiger partial charge is 0.497 e. The summed E-state index contributed by atoms with van der Waals surface area (Å²) >= 11 is 1.30. The van der Waals surface area contributed by atoms with Crippen LogP contribution in [0.4, 0.5) is 4.39 Å². The summed E-state index contributed by atoms with van der Waals surface area (Å²) in [5.74, 6) is 0.880. The van der Waals surface area contributed by atoms with Gasteiger partial charge in [-0.25, -0.2) is 4.39 Å². The number of nitrogens with zero attached hydrogens (tertiary/aromatic N) is 4. The Balaban J connectivity index is 1.70. The minimum atomic E-state index is -0.447. The Morgan fingerprint density at radius 3 is 2.32 bits per heavy atom. The monoisotopic (exact) mass is 434 g/mol. The minimum Gasteiger partial charge on any atom is -0.497 e. The second-order valence-electron chi connectivity index (χ2n) is 6.71. The fourth-order valence-corrected chi connectivity index (χ4v) is 4.00. The lowest BCUT2D eigenvalue weighted by Gasteiger charge is -2.13. The van der Waals surface area contributed by atoms with Crippen molar-refractivity contribution >= 4 is 17.5 Å². The number of aromatic nitrogens is 4. The summed E-state index contributed by atoms with van der Waals surface area (Å²) in [6, 6.07) is 16.8. The molecule has 0 spiro atoms. The van der Waals surface area contributed by atoms with E-state index in [4.69, 9.17) is 4.74 Å². The standard InChI is InChI=1S/C23H19FN4O2S/c1-15(21(29)16-3-5-18(24)6-4-16)31-23-27-26-22(17-11-13-25-14-12-17)28(23)19-7-9-20(30-2)10-8-19/h3-15H,1-2H3. The Bertz CT molecular complexity index is 1180. The second-order valence-corrected chi connectivity index (χ2v) is 8.01. The number of hydrogen-bond acceptors (Lipinski definition) is 6. The molecule has 0 bridgehead atoms. The van der Waals surface area contributed by atoms with Crippen molar-refractivity contribution in [2.75, 3.05) is 7.11 Å². The van der Waals surface area contributed by atoms with Crippen molar-refractivity contribution in [1.82, 2.24) is 19.7 Å². The van der Waals surface area contributed by atoms with Gasteiger partial charge in [-0.3, -0.25) is 14.3 Å². The zero-order valence-electron chi connectivity index (χ0n) is 16.9. The normalized spacial score (nSPS) is 11.8. The summed E-state index contributed by atoms with van der Waals surface area (Å²) in [5.41, 5.74) is 2.13. The van der Waals surface area contributed by atoms with Crippen molar-refractivity contribution in [1.29, 1.82) is 0 Å². The van der Waals surface area contributed by atoms with Crippen LogP contribution in [0.3, 0.4) is 0 Å². The third-order valence-corrected chi connectivity index (χ3v) is 5.73. The van der Waals surface area contributed by atoms with E-state index in [-0.39, 0.29) is 11.6 Å². The van der Waals surface area contributed by atoms with Gasteiger partial charge in [-0.05, 0) is 67.6 Å². The number of pyridine rings is 1. The first kappa shape index (κ1) is 20.7. The lowest BCUT2D eigenvalue weighted by Crippen LogP contribution is -2.14. The molecule has 4 aromatic rings. The minimum absolute atomic E-state index is 0.111. The zero-order chi connectivity index (χ0) is 21.8. The molecule has 8 heteroatoms. The number of rotatable bonds is 7. The van der Waals surface area contributed by atoms with Crippen LogP contribution >= 0.6 is 11.8 Å². The molecule has 1 unspecified atom stereocenters. The Kier molecular flexibility index (Phi) is 6.08. The molecule has 0 saturated heterocycles. The highest BCUT2D eigenvalue weighted by Gasteiger charge is 2.23. The Labute approximate surface area is 183 Å². The molecule has 4 rings (SSSR count). The van der Waals surface area contributed by atoms with E-state index < -0.39 is 5.25 Å². The molecule has 1 atom stereocenters. The number of ketones is 1. The summed E-state index contributed by atoms with van der Waals surface area (Å²) in [4.78, 5) is 16.9. The summed E-state index contributed by atoms with van der Waals surface area (Å²) in [5, 5.41) is 8.85. The number of carbonyl (C=O) groups is 1. The van der Waals surface area contributed by atoms with Crippen molar-refractivity contribution in [3.05, 3.63) is 84.4 Å². The summed E-state index contributed by atoms with van der Waals surface area (Å²) in [6.45, 7) is 1.80. The van der Waals surface area contributed by atoms with E-state index in [0.29, 0.717) is 16.5 Å². The third-order valence-electron chi connectivity index (χ3n) is 4.68. The van der Waals surface area contributed by atoms with Crippen molar-refractivity contribution < 1.29 is 13.9 Å². The van der Waals surface area contributed by atoms with Crippen LogP contribution in [0.2, 0.25) is 0 Å². The fraction of sp³-hybridized carbons (Fsp3) is 0.130. The molecule has 0 N–H and O–H groups in total. The van der Waals surface area contributed by atoms with Crippen LogP contribution < -0.4 is 4.74 Å². The van der Waals surface area contributed by atoms with E-state index in [9.17, 15) is 9.18 Å². The molecule has 0 fully saturated rings. The first-order chi connectivity index (χ1) is 15.1. The number of thioether (sulfide) groups is 1. The number of Topliss-reactive ketones (excluding diaryl/α,β-unsaturated/α-hetero) is 1. The van der Waals surface area contributed by atoms with Gasteiger partial charge in [0.2, 0.25) is 0 Å². The molecular weight excluding hydrogens is 415 g/mol. The van der Waals surface area contributed by atoms with Crippen molar-refractivity contribution in [3.63, 3.8) is 0 Å². The number of ether oxygens (including phenoxy) is 1. The van der Waals surface area contributed by atoms with E-state index in [1.807, 2.05) is 41.0 Å². The highest BCUT2D eigenvalue weighted by atomic mass is 32.2. The Hall–Kier alpha value is -3.52. The molecule has 0 amide bonds. The maximum absolute atomic E-state index is 13.2. The van der Waals surface area contributed by atoms with Gasteiger partial charge in [0.05, 0.1) is 12.4 Å². The van der Waals surface area contributed by atoms with E-state index >= 15 is 0 Å². The SMILES string of the molecule is COc1ccc(-n2c(SC(C)C(=O)c3ccc(F)cc3)nnc2-c2ccncc2)cc1. The van der Waals surface area contributed by atoms with Crippen LogP contribution in [-0.2, 0) is 0 Å². The van der Waals surface area contributed by atoms with Gasteiger partial charge in [-0.15, -0.1) is 10.2 Å². The van der Waals surface area contributed by atoms with E-state index in [2.05, 4.69) is 15.2 Å². The van der Waals surface area contributed by atoms with Crippen LogP contribution in [0.25, 0.3) is 17.1 Å². The average Bonchev–Trinajstić information content (AvgIpc) is 3.23. The van der Waals surface area contributed by atoms with Crippen LogP contribution in [-0.4, -0.2) is 37.9 Å². The van der Waals surface area contributed by atoms with Crippen LogP contribution in [0, 0.1) is 5.82 Å². The summed E-state index contributed by atoms with van der Waals surface area (Å²) in [7, 11) is 1.61. The van der Waals surface area contributed by atoms with Crippen molar-refractivity contribution in [3.8, 4) is 22.8 Å². The van der Waals surface area contributed by atoms with Gasteiger partial charge in [0.1, 0.15) is 11.6 Å². The predicted octanol–water partition coefficient (Wildman–Crippen LogP) is 4.84. The van der Waals surface area contributed by atoms with Gasteiger partial charge in [0, 0.05) is 29.2 Å². The average molecular weight is 434 g/mol. The van der Waals surface area contributed by atoms with Crippen molar-refractivity contribution in [2.24, 2.45) is 0 Å². The predicted molar refractivity (Wildman–Crippen MR) is 117 cm³/mol. The molecule has 2 heterocycles. The van der Waals surface area contributed by atoms with Crippen LogP contribution in [0.5, 0.6) is 5.75 Å². The summed E-state index contributed by atoms with van der Waals surface area (Å²) in [6.07, 6.45) is 3.38. The fourth-order valence-electron chi connectivity index (χ4n) is 3.06. The Morgan fingerprint density at radius 1 is 1.00 bits per heavy atom. The van der Waals surface area contributed by atoms with Crippen LogP contribution in [0.1, 0.15) is 17.3 Å². The molecule has 2 aromatic carbocycles. The quantitative estimate of drug-likeness (QED) is 0.306. The van der Waals surface area contributed by atoms with Crippen LogP contribution in [0.15, 0.2) is 78.2 Å². The lowest BCUT2D eigenvalue weighted by molar-refractivity contribution is 0.0994. The molecule has 6 nitrogen and oxygen atoms in total. The number of carbonyl (C=O) groups excluding carboxylic acids is 1. The molecule has 0 aliphatic carbocycles. The molecule has 0 saturated carbocycles. The number of hydrogen-bond donors (Lipinski definition) is 0. The lowest BCUT2D eigenvalue weighted by atomic mass is 10.1. The topological polar surface area (TPSA) is 69.9 Å². The van der Waals surface area contributed by atoms with E-state index in [0.717, 1.165) is 17.0 Å². The first-order valence-electron chi connectivity index (χ1n) is 9.53. The Morgan fingerprint density at radius 2 is 1.68 bits per heavy atom. The number of benzene rings is 2. The second kappa shape index (κ2) is 9.09. The molecule has 0 aliphatic heterocycles. The van der Waals surface area contributed by atoms with Gasteiger partial charge in [0.25, 0.3) is 0 Å². The highest BCUT2D eigenvalue weighted by Crippen LogP contribution is 2.31. The molecule has 156 valence electrons. The first-order valence-corrected chi connectivity index (χ1v) is 10.4. The zero-order valence-corrected chi connectivity index (χ0v) is 17.7. The number of halogens is 1. The molecule has 2 aromatic heterocycles. The number of methoxy groups -OCH3 is 1. The van der Waals surface area contributed by atoms with Gasteiger partial charge in [0.15, 0.2) is 16.8 Å². The van der Waals surface area contributed by atoms with Gasteiger partial charge < -0.3 is 4.74 Å². The molecule has 31 heavy (non-hydrogen) atoms.